The van der Waals surface area contributed by atoms with Crippen molar-refractivity contribution in [1.82, 2.24) is 14.8 Å². The zero-order valence-corrected chi connectivity index (χ0v) is 11.4. The number of aryl methyl sites for hydroxylation is 3. The Morgan fingerprint density at radius 3 is 2.53 bits per heavy atom. The zero-order valence-electron chi connectivity index (χ0n) is 11.4. The van der Waals surface area contributed by atoms with Crippen molar-refractivity contribution in [2.24, 2.45) is 7.05 Å². The minimum absolute atomic E-state index is 0.0645. The fourth-order valence-corrected chi connectivity index (χ4v) is 1.90. The Hall–Kier alpha value is -2.37. The van der Waals surface area contributed by atoms with E-state index in [1.54, 1.807) is 23.9 Å². The van der Waals surface area contributed by atoms with Crippen LogP contribution in [0.15, 0.2) is 12.3 Å². The van der Waals surface area contributed by atoms with Gasteiger partial charge >= 0.3 is 0 Å². The van der Waals surface area contributed by atoms with Crippen molar-refractivity contribution >= 4 is 17.4 Å². The number of hydrogen-bond acceptors (Lipinski definition) is 3. The Bertz CT molecular complexity index is 632. The van der Waals surface area contributed by atoms with Gasteiger partial charge in [-0.3, -0.25) is 14.7 Å². The Balaban J connectivity index is 2.28. The van der Waals surface area contributed by atoms with Gasteiger partial charge in [0.15, 0.2) is 5.78 Å². The predicted octanol–water partition coefficient (Wildman–Crippen LogP) is 1.82. The SMILES string of the molecule is CC(=O)c1cc(C(=O)Nc2c(C)n[nH]c2C)n(C)c1. The number of aromatic amines is 1. The highest BCUT2D eigenvalue weighted by Gasteiger charge is 2.16. The van der Waals surface area contributed by atoms with Gasteiger partial charge in [0.2, 0.25) is 0 Å². The van der Waals surface area contributed by atoms with Gasteiger partial charge in [0.25, 0.3) is 5.91 Å². The van der Waals surface area contributed by atoms with E-state index in [9.17, 15) is 9.59 Å². The van der Waals surface area contributed by atoms with Crippen molar-refractivity contribution < 1.29 is 9.59 Å². The highest BCUT2D eigenvalue weighted by Crippen LogP contribution is 2.18. The summed E-state index contributed by atoms with van der Waals surface area (Å²) in [4.78, 5) is 23.5. The maximum atomic E-state index is 12.2. The third kappa shape index (κ3) is 2.42. The molecule has 6 nitrogen and oxygen atoms in total. The van der Waals surface area contributed by atoms with Crippen LogP contribution in [0.2, 0.25) is 0 Å². The van der Waals surface area contributed by atoms with E-state index in [1.165, 1.54) is 6.92 Å². The van der Waals surface area contributed by atoms with E-state index >= 15 is 0 Å². The van der Waals surface area contributed by atoms with E-state index in [0.717, 1.165) is 11.4 Å². The lowest BCUT2D eigenvalue weighted by Crippen LogP contribution is -2.16. The van der Waals surface area contributed by atoms with Crippen molar-refractivity contribution in [3.63, 3.8) is 0 Å². The van der Waals surface area contributed by atoms with Crippen LogP contribution < -0.4 is 5.32 Å². The molecule has 0 saturated carbocycles. The quantitative estimate of drug-likeness (QED) is 0.826. The fourth-order valence-electron chi connectivity index (χ4n) is 1.90. The average Bonchev–Trinajstić information content (AvgIpc) is 2.87. The molecule has 0 aliphatic carbocycles. The lowest BCUT2D eigenvalue weighted by Gasteiger charge is -2.05. The number of aromatic nitrogens is 3. The van der Waals surface area contributed by atoms with Crippen molar-refractivity contribution in [3.05, 3.63) is 34.9 Å². The number of ketones is 1. The summed E-state index contributed by atoms with van der Waals surface area (Å²) in [6, 6.07) is 1.59. The molecule has 6 heteroatoms. The van der Waals surface area contributed by atoms with Gasteiger partial charge in [0.05, 0.1) is 17.1 Å². The van der Waals surface area contributed by atoms with Gasteiger partial charge in [-0.05, 0) is 26.8 Å². The molecule has 2 rings (SSSR count). The number of carbonyl (C=O) groups excluding carboxylic acids is 2. The zero-order chi connectivity index (χ0) is 14.2. The number of nitrogens with zero attached hydrogens (tertiary/aromatic N) is 2. The van der Waals surface area contributed by atoms with Crippen LogP contribution in [-0.4, -0.2) is 26.5 Å². The van der Waals surface area contributed by atoms with Crippen LogP contribution in [0.4, 0.5) is 5.69 Å². The lowest BCUT2D eigenvalue weighted by atomic mass is 10.2. The Morgan fingerprint density at radius 2 is 2.05 bits per heavy atom. The fraction of sp³-hybridized carbons (Fsp3) is 0.308. The van der Waals surface area contributed by atoms with Gasteiger partial charge in [0, 0.05) is 18.8 Å². The van der Waals surface area contributed by atoms with Gasteiger partial charge < -0.3 is 9.88 Å². The second-order valence-electron chi connectivity index (χ2n) is 4.54. The highest BCUT2D eigenvalue weighted by atomic mass is 16.2. The molecule has 0 aromatic carbocycles. The number of Topliss-reactive ketones (excluding diaryl/α,β-unsaturated/α-hetero) is 1. The van der Waals surface area contributed by atoms with E-state index in [-0.39, 0.29) is 11.7 Å². The molecule has 0 aliphatic heterocycles. The number of hydrogen-bond donors (Lipinski definition) is 2. The van der Waals surface area contributed by atoms with Crippen molar-refractivity contribution in [2.75, 3.05) is 5.32 Å². The molecule has 2 aromatic rings. The van der Waals surface area contributed by atoms with Gasteiger partial charge in [-0.15, -0.1) is 0 Å². The van der Waals surface area contributed by atoms with Crippen LogP contribution in [0.3, 0.4) is 0 Å². The Kier molecular flexibility index (Phi) is 3.25. The molecule has 0 unspecified atom stereocenters. The van der Waals surface area contributed by atoms with Crippen molar-refractivity contribution in [3.8, 4) is 0 Å². The topological polar surface area (TPSA) is 79.8 Å². The molecule has 19 heavy (non-hydrogen) atoms. The first-order valence-corrected chi connectivity index (χ1v) is 5.90. The largest absolute Gasteiger partial charge is 0.346 e. The molecular weight excluding hydrogens is 244 g/mol. The van der Waals surface area contributed by atoms with Crippen LogP contribution in [0.25, 0.3) is 0 Å². The van der Waals surface area contributed by atoms with Crippen LogP contribution in [0.5, 0.6) is 0 Å². The predicted molar refractivity (Wildman–Crippen MR) is 71.4 cm³/mol. The number of H-pyrrole nitrogens is 1. The van der Waals surface area contributed by atoms with Crippen molar-refractivity contribution in [2.45, 2.75) is 20.8 Å². The number of nitrogens with one attached hydrogen (secondary N) is 2. The molecule has 0 saturated heterocycles. The molecule has 1 amide bonds. The van der Waals surface area contributed by atoms with Crippen molar-refractivity contribution in [1.29, 1.82) is 0 Å². The Morgan fingerprint density at radius 1 is 1.37 bits per heavy atom. The third-order valence-corrected chi connectivity index (χ3v) is 3.01. The van der Waals surface area contributed by atoms with Crippen LogP contribution in [0.1, 0.15) is 39.2 Å². The first-order valence-electron chi connectivity index (χ1n) is 5.90. The molecule has 0 spiro atoms. The molecule has 2 N–H and O–H groups in total. The minimum atomic E-state index is -0.261. The van der Waals surface area contributed by atoms with Gasteiger partial charge in [0.1, 0.15) is 5.69 Å². The summed E-state index contributed by atoms with van der Waals surface area (Å²) in [6.45, 7) is 5.12. The maximum Gasteiger partial charge on any atom is 0.272 e. The summed E-state index contributed by atoms with van der Waals surface area (Å²) < 4.78 is 1.64. The van der Waals surface area contributed by atoms with E-state index in [1.807, 2.05) is 13.8 Å². The average molecular weight is 260 g/mol. The molecule has 2 heterocycles. The van der Waals surface area contributed by atoms with Crippen LogP contribution in [0, 0.1) is 13.8 Å². The van der Waals surface area contributed by atoms with Gasteiger partial charge in [-0.1, -0.05) is 0 Å². The molecule has 0 aliphatic rings. The lowest BCUT2D eigenvalue weighted by molar-refractivity contribution is 0.101. The molecule has 100 valence electrons. The second kappa shape index (κ2) is 4.72. The molecular formula is C13H16N4O2. The van der Waals surface area contributed by atoms with Crippen LogP contribution in [-0.2, 0) is 7.05 Å². The molecule has 0 radical (unpaired) electrons. The smallest absolute Gasteiger partial charge is 0.272 e. The first kappa shape index (κ1) is 13.1. The minimum Gasteiger partial charge on any atom is -0.346 e. The number of carbonyl (C=O) groups is 2. The number of amides is 1. The third-order valence-electron chi connectivity index (χ3n) is 3.01. The summed E-state index contributed by atoms with van der Waals surface area (Å²) in [5.41, 5.74) is 3.16. The van der Waals surface area contributed by atoms with Gasteiger partial charge in [-0.2, -0.15) is 5.10 Å². The van der Waals surface area contributed by atoms with E-state index < -0.39 is 0 Å². The first-order chi connectivity index (χ1) is 8.90. The summed E-state index contributed by atoms with van der Waals surface area (Å²) in [5, 5.41) is 9.63. The maximum absolute atomic E-state index is 12.2. The molecule has 2 aromatic heterocycles. The molecule has 0 bridgehead atoms. The standard InChI is InChI=1S/C13H16N4O2/c1-7-12(8(2)16-15-7)14-13(19)11-5-10(9(3)18)6-17(11)4/h5-6H,1-4H3,(H,14,19)(H,15,16). The molecule has 0 atom stereocenters. The summed E-state index contributed by atoms with van der Waals surface area (Å²) >= 11 is 0. The van der Waals surface area contributed by atoms with Crippen LogP contribution >= 0.6 is 0 Å². The summed E-state index contributed by atoms with van der Waals surface area (Å²) in [6.07, 6.45) is 1.65. The summed E-state index contributed by atoms with van der Waals surface area (Å²) in [5.74, 6) is -0.326. The normalized spacial score (nSPS) is 10.5. The second-order valence-corrected chi connectivity index (χ2v) is 4.54. The number of anilines is 1. The Labute approximate surface area is 110 Å². The molecule has 0 fully saturated rings. The van der Waals surface area contributed by atoms with E-state index in [2.05, 4.69) is 15.5 Å². The van der Waals surface area contributed by atoms with Gasteiger partial charge in [-0.25, -0.2) is 0 Å². The van der Waals surface area contributed by atoms with E-state index in [4.69, 9.17) is 0 Å². The van der Waals surface area contributed by atoms with E-state index in [0.29, 0.717) is 16.9 Å². The highest BCUT2D eigenvalue weighted by molar-refractivity contribution is 6.06. The summed E-state index contributed by atoms with van der Waals surface area (Å²) in [7, 11) is 1.73. The monoisotopic (exact) mass is 260 g/mol. The number of rotatable bonds is 3.